The number of carbonyl (C=O) groups excluding carboxylic acids is 2. The normalized spacial score (nSPS) is 23.1. The first kappa shape index (κ1) is 13.9. The van der Waals surface area contributed by atoms with Crippen molar-refractivity contribution in [1.29, 1.82) is 0 Å². The van der Waals surface area contributed by atoms with Crippen molar-refractivity contribution in [3.63, 3.8) is 0 Å². The predicted octanol–water partition coefficient (Wildman–Crippen LogP) is 1.08. The first-order valence-corrected chi connectivity index (χ1v) is 5.93. The standard InChI is InChI=1S/C13H14N2O5/c1-8(6-10(16)17)7-15-11(18)13(2,14-12(15)19)9-4-3-5-20-9/h3-6H,7H2,1-2H3,(H,14,19)(H,16,17). The average Bonchev–Trinajstić information content (AvgIpc) is 2.93. The van der Waals surface area contributed by atoms with Crippen LogP contribution in [0.1, 0.15) is 19.6 Å². The summed E-state index contributed by atoms with van der Waals surface area (Å²) in [6.07, 6.45) is 2.38. The van der Waals surface area contributed by atoms with Gasteiger partial charge >= 0.3 is 12.0 Å². The molecule has 1 aromatic heterocycles. The number of amides is 3. The summed E-state index contributed by atoms with van der Waals surface area (Å²) < 4.78 is 5.19. The third-order valence-corrected chi connectivity index (χ3v) is 3.07. The number of hydrogen-bond acceptors (Lipinski definition) is 4. The molecule has 7 heteroatoms. The maximum atomic E-state index is 12.4. The Morgan fingerprint density at radius 2 is 2.25 bits per heavy atom. The van der Waals surface area contributed by atoms with Crippen LogP contribution in [-0.2, 0) is 15.1 Å². The highest BCUT2D eigenvalue weighted by molar-refractivity contribution is 6.07. The van der Waals surface area contributed by atoms with Gasteiger partial charge in [-0.1, -0.05) is 0 Å². The average molecular weight is 278 g/mol. The van der Waals surface area contributed by atoms with E-state index in [2.05, 4.69) is 5.32 Å². The van der Waals surface area contributed by atoms with E-state index >= 15 is 0 Å². The zero-order valence-corrected chi connectivity index (χ0v) is 11.0. The highest BCUT2D eigenvalue weighted by Crippen LogP contribution is 2.29. The lowest BCUT2D eigenvalue weighted by molar-refractivity contribution is -0.132. The second-order valence-electron chi connectivity index (χ2n) is 4.75. The summed E-state index contributed by atoms with van der Waals surface area (Å²) in [6, 6.07) is 2.65. The number of nitrogens with one attached hydrogen (secondary N) is 1. The lowest BCUT2D eigenvalue weighted by Gasteiger charge is -2.19. The molecule has 3 amide bonds. The molecule has 1 aromatic rings. The van der Waals surface area contributed by atoms with E-state index in [-0.39, 0.29) is 6.54 Å². The maximum Gasteiger partial charge on any atom is 0.328 e. The lowest BCUT2D eigenvalue weighted by Crippen LogP contribution is -2.40. The van der Waals surface area contributed by atoms with Gasteiger partial charge in [0.25, 0.3) is 5.91 Å². The molecule has 106 valence electrons. The van der Waals surface area contributed by atoms with Crippen molar-refractivity contribution >= 4 is 17.9 Å². The Bertz CT molecular complexity index is 590. The molecule has 2 N–H and O–H groups in total. The molecule has 0 aromatic carbocycles. The molecule has 0 spiro atoms. The van der Waals surface area contributed by atoms with Crippen LogP contribution in [-0.4, -0.2) is 34.5 Å². The Labute approximate surface area is 114 Å². The van der Waals surface area contributed by atoms with Crippen molar-refractivity contribution in [3.05, 3.63) is 35.8 Å². The number of imide groups is 1. The van der Waals surface area contributed by atoms with Gasteiger partial charge in [0, 0.05) is 6.08 Å². The van der Waals surface area contributed by atoms with Crippen LogP contribution in [0.3, 0.4) is 0 Å². The molecule has 0 aliphatic carbocycles. The van der Waals surface area contributed by atoms with Crippen LogP contribution in [0.4, 0.5) is 4.79 Å². The number of rotatable bonds is 4. The molecule has 0 radical (unpaired) electrons. The second-order valence-corrected chi connectivity index (χ2v) is 4.75. The van der Waals surface area contributed by atoms with Gasteiger partial charge in [0.1, 0.15) is 5.76 Å². The summed E-state index contributed by atoms with van der Waals surface area (Å²) in [7, 11) is 0. The largest absolute Gasteiger partial charge is 0.478 e. The van der Waals surface area contributed by atoms with E-state index in [1.165, 1.54) is 13.2 Å². The number of carboxylic acids is 1. The Morgan fingerprint density at radius 1 is 1.55 bits per heavy atom. The second kappa shape index (κ2) is 4.84. The Balaban J connectivity index is 2.24. The molecular formula is C13H14N2O5. The predicted molar refractivity (Wildman–Crippen MR) is 67.7 cm³/mol. The van der Waals surface area contributed by atoms with E-state index in [0.29, 0.717) is 11.3 Å². The molecule has 0 saturated carbocycles. The number of carboxylic acid groups (broad SMARTS) is 1. The van der Waals surface area contributed by atoms with E-state index < -0.39 is 23.4 Å². The van der Waals surface area contributed by atoms with E-state index in [4.69, 9.17) is 9.52 Å². The van der Waals surface area contributed by atoms with E-state index in [1.807, 2.05) is 0 Å². The van der Waals surface area contributed by atoms with Crippen LogP contribution in [0, 0.1) is 0 Å². The van der Waals surface area contributed by atoms with E-state index in [0.717, 1.165) is 11.0 Å². The Kier molecular flexibility index (Phi) is 3.35. The molecule has 7 nitrogen and oxygen atoms in total. The fourth-order valence-corrected chi connectivity index (χ4v) is 2.08. The van der Waals surface area contributed by atoms with Gasteiger partial charge in [-0.25, -0.2) is 9.59 Å². The summed E-state index contributed by atoms with van der Waals surface area (Å²) in [6.45, 7) is 3.01. The van der Waals surface area contributed by atoms with Crippen LogP contribution in [0.2, 0.25) is 0 Å². The smallest absolute Gasteiger partial charge is 0.328 e. The number of urea groups is 1. The van der Waals surface area contributed by atoms with Crippen molar-refractivity contribution in [2.45, 2.75) is 19.4 Å². The van der Waals surface area contributed by atoms with Gasteiger partial charge in [-0.2, -0.15) is 0 Å². The number of carbonyl (C=O) groups is 3. The highest BCUT2D eigenvalue weighted by atomic mass is 16.4. The van der Waals surface area contributed by atoms with Crippen LogP contribution in [0.5, 0.6) is 0 Å². The van der Waals surface area contributed by atoms with Gasteiger partial charge in [-0.3, -0.25) is 9.69 Å². The maximum absolute atomic E-state index is 12.4. The van der Waals surface area contributed by atoms with Gasteiger partial charge in [0.2, 0.25) is 0 Å². The van der Waals surface area contributed by atoms with Crippen molar-refractivity contribution in [3.8, 4) is 0 Å². The number of hydrogen-bond donors (Lipinski definition) is 2. The molecule has 2 heterocycles. The summed E-state index contributed by atoms with van der Waals surface area (Å²) in [5.41, 5.74) is -0.867. The zero-order chi connectivity index (χ0) is 14.9. The molecular weight excluding hydrogens is 264 g/mol. The van der Waals surface area contributed by atoms with E-state index in [1.54, 1.807) is 19.1 Å². The third-order valence-electron chi connectivity index (χ3n) is 3.07. The number of aliphatic carboxylic acids is 1. The fourth-order valence-electron chi connectivity index (χ4n) is 2.08. The fraction of sp³-hybridized carbons (Fsp3) is 0.308. The Hall–Kier alpha value is -2.57. The minimum absolute atomic E-state index is 0.0761. The lowest BCUT2D eigenvalue weighted by atomic mass is 9.99. The SMILES string of the molecule is CC(=CC(=O)O)CN1C(=O)NC(C)(c2ccco2)C1=O. The zero-order valence-electron chi connectivity index (χ0n) is 11.0. The third kappa shape index (κ3) is 2.29. The van der Waals surface area contributed by atoms with Gasteiger partial charge < -0.3 is 14.8 Å². The minimum atomic E-state index is -1.26. The van der Waals surface area contributed by atoms with Crippen molar-refractivity contribution < 1.29 is 23.9 Å². The molecule has 1 unspecified atom stereocenters. The summed E-state index contributed by atoms with van der Waals surface area (Å²) in [5.74, 6) is -1.27. The molecule has 1 aliphatic rings. The minimum Gasteiger partial charge on any atom is -0.478 e. The number of furan rings is 1. The van der Waals surface area contributed by atoms with Crippen LogP contribution in [0.15, 0.2) is 34.5 Å². The van der Waals surface area contributed by atoms with Gasteiger partial charge in [0.15, 0.2) is 5.54 Å². The summed E-state index contributed by atoms with van der Waals surface area (Å²) in [5, 5.41) is 11.2. The monoisotopic (exact) mass is 278 g/mol. The van der Waals surface area contributed by atoms with Crippen molar-refractivity contribution in [2.24, 2.45) is 0 Å². The quantitative estimate of drug-likeness (QED) is 0.634. The van der Waals surface area contributed by atoms with Gasteiger partial charge in [-0.15, -0.1) is 0 Å². The first-order valence-electron chi connectivity index (χ1n) is 5.93. The highest BCUT2D eigenvalue weighted by Gasteiger charge is 2.50. The molecule has 1 aliphatic heterocycles. The summed E-state index contributed by atoms with van der Waals surface area (Å²) >= 11 is 0. The Morgan fingerprint density at radius 3 is 2.80 bits per heavy atom. The molecule has 1 fully saturated rings. The van der Waals surface area contributed by atoms with Crippen molar-refractivity contribution in [1.82, 2.24) is 10.2 Å². The van der Waals surface area contributed by atoms with Gasteiger partial charge in [-0.05, 0) is 31.6 Å². The van der Waals surface area contributed by atoms with Gasteiger partial charge in [0.05, 0.1) is 12.8 Å². The number of nitrogens with zero attached hydrogens (tertiary/aromatic N) is 1. The van der Waals surface area contributed by atoms with Crippen LogP contribution in [0.25, 0.3) is 0 Å². The molecule has 0 bridgehead atoms. The van der Waals surface area contributed by atoms with Crippen LogP contribution < -0.4 is 5.32 Å². The molecule has 2 rings (SSSR count). The first-order chi connectivity index (χ1) is 9.34. The molecule has 1 atom stereocenters. The van der Waals surface area contributed by atoms with E-state index in [9.17, 15) is 14.4 Å². The topological polar surface area (TPSA) is 99.8 Å². The van der Waals surface area contributed by atoms with Crippen molar-refractivity contribution in [2.75, 3.05) is 6.54 Å². The molecule has 20 heavy (non-hydrogen) atoms. The summed E-state index contributed by atoms with van der Waals surface area (Å²) in [4.78, 5) is 35.8. The molecule has 1 saturated heterocycles. The van der Waals surface area contributed by atoms with Crippen LogP contribution >= 0.6 is 0 Å².